The van der Waals surface area contributed by atoms with Crippen LogP contribution in [0.3, 0.4) is 0 Å². The summed E-state index contributed by atoms with van der Waals surface area (Å²) >= 11 is 0. The molecule has 0 rings (SSSR count). The van der Waals surface area contributed by atoms with Crippen LogP contribution in [0.1, 0.15) is 194 Å². The van der Waals surface area contributed by atoms with Crippen molar-refractivity contribution in [2.24, 2.45) is 0 Å². The first-order chi connectivity index (χ1) is 29.7. The van der Waals surface area contributed by atoms with Gasteiger partial charge in [-0.2, -0.15) is 0 Å². The zero-order valence-electron chi connectivity index (χ0n) is 38.7. The molecule has 4 heteroatoms. The molecule has 0 bridgehead atoms. The molecule has 0 saturated heterocycles. The largest absolute Gasteiger partial charge is 0.394 e. The SMILES string of the molecule is CC/C=C\C/C=C\C/C=C\C/C=C\C/C=C\C/C=C\C/C=C\C/C=C\CCCCCCC(=O)NC(CO)C(O)/C=C/CC/C=C/CC/C=C/CCCCCCCCCCC. The fraction of sp³-hybridized carbons (Fsp3) is 0.589. The van der Waals surface area contributed by atoms with E-state index in [-0.39, 0.29) is 12.5 Å². The Bertz CT molecular complexity index is 1260. The fourth-order valence-electron chi connectivity index (χ4n) is 6.40. The Labute approximate surface area is 371 Å². The molecule has 2 atom stereocenters. The average Bonchev–Trinajstić information content (AvgIpc) is 3.25. The predicted molar refractivity (Wildman–Crippen MR) is 266 cm³/mol. The highest BCUT2D eigenvalue weighted by molar-refractivity contribution is 5.76. The quantitative estimate of drug-likeness (QED) is 0.0424. The molecule has 2 unspecified atom stereocenters. The number of hydrogen-bond acceptors (Lipinski definition) is 3. The standard InChI is InChI=1S/C56H91NO3/c1-3-5-7-9-11-13-15-17-19-21-23-24-25-26-27-28-29-30-31-32-34-36-38-40-42-44-46-48-50-52-56(60)57-54(53-58)55(59)51-49-47-45-43-41-39-37-35-33-22-20-18-16-14-12-10-8-6-4-2/h5,7,11,13,17,19,23-24,26-27,29-30,32-35,38,40-41,43,49,51,54-55,58-59H,3-4,6,8-10,12,14-16,18,20-22,25,28,31,36-37,39,42,44-48,50,52-53H2,1-2H3,(H,57,60)/b7-5-,13-11-,19-17-,24-23-,27-26-,30-29-,34-32-,35-33+,40-38-,43-41+,51-49+. The summed E-state index contributed by atoms with van der Waals surface area (Å²) in [5.74, 6) is -0.109. The maximum absolute atomic E-state index is 12.4. The lowest BCUT2D eigenvalue weighted by atomic mass is 10.1. The minimum atomic E-state index is -0.892. The number of rotatable bonds is 42. The van der Waals surface area contributed by atoms with Crippen LogP contribution in [0.5, 0.6) is 0 Å². The molecule has 3 N–H and O–H groups in total. The highest BCUT2D eigenvalue weighted by atomic mass is 16.3. The monoisotopic (exact) mass is 826 g/mol. The zero-order chi connectivity index (χ0) is 43.5. The maximum Gasteiger partial charge on any atom is 0.220 e. The van der Waals surface area contributed by atoms with Crippen molar-refractivity contribution in [2.75, 3.05) is 6.61 Å². The molecule has 0 fully saturated rings. The summed E-state index contributed by atoms with van der Waals surface area (Å²) in [5.41, 5.74) is 0. The number of amides is 1. The maximum atomic E-state index is 12.4. The normalized spacial score (nSPS) is 14.1. The molecule has 0 aromatic rings. The molecule has 338 valence electrons. The number of allylic oxidation sites excluding steroid dienone is 21. The Morgan fingerprint density at radius 3 is 1.17 bits per heavy atom. The van der Waals surface area contributed by atoms with E-state index in [9.17, 15) is 15.0 Å². The van der Waals surface area contributed by atoms with E-state index in [2.05, 4.69) is 141 Å². The second-order valence-corrected chi connectivity index (χ2v) is 15.8. The van der Waals surface area contributed by atoms with Crippen LogP contribution in [-0.4, -0.2) is 34.9 Å². The molecular formula is C56H91NO3. The molecule has 0 saturated carbocycles. The molecule has 0 aliphatic heterocycles. The van der Waals surface area contributed by atoms with E-state index < -0.39 is 12.1 Å². The van der Waals surface area contributed by atoms with Gasteiger partial charge in [0.15, 0.2) is 0 Å². The predicted octanol–water partition coefficient (Wildman–Crippen LogP) is 15.9. The van der Waals surface area contributed by atoms with Crippen LogP contribution in [0, 0.1) is 0 Å². The van der Waals surface area contributed by atoms with Crippen molar-refractivity contribution in [2.45, 2.75) is 206 Å². The molecular weight excluding hydrogens is 735 g/mol. The van der Waals surface area contributed by atoms with Gasteiger partial charge >= 0.3 is 0 Å². The third-order valence-electron chi connectivity index (χ3n) is 10.1. The van der Waals surface area contributed by atoms with Crippen LogP contribution in [0.2, 0.25) is 0 Å². The number of aliphatic hydroxyl groups excluding tert-OH is 2. The summed E-state index contributed by atoms with van der Waals surface area (Å²) in [4.78, 5) is 12.4. The molecule has 0 aromatic carbocycles. The van der Waals surface area contributed by atoms with Crippen LogP contribution in [0.4, 0.5) is 0 Å². The van der Waals surface area contributed by atoms with E-state index in [1.807, 2.05) is 6.08 Å². The van der Waals surface area contributed by atoms with E-state index in [0.29, 0.717) is 6.42 Å². The Morgan fingerprint density at radius 2 is 0.750 bits per heavy atom. The van der Waals surface area contributed by atoms with E-state index in [4.69, 9.17) is 0 Å². The molecule has 0 spiro atoms. The summed E-state index contributed by atoms with van der Waals surface area (Å²) in [6.45, 7) is 4.15. The van der Waals surface area contributed by atoms with E-state index in [0.717, 1.165) is 109 Å². The highest BCUT2D eigenvalue weighted by Crippen LogP contribution is 2.11. The molecule has 0 radical (unpaired) electrons. The van der Waals surface area contributed by atoms with Gasteiger partial charge in [-0.1, -0.05) is 212 Å². The van der Waals surface area contributed by atoms with Crippen LogP contribution in [0.15, 0.2) is 134 Å². The van der Waals surface area contributed by atoms with E-state index in [1.54, 1.807) is 6.08 Å². The molecule has 0 aromatic heterocycles. The lowest BCUT2D eigenvalue weighted by Crippen LogP contribution is -2.45. The number of hydrogen-bond donors (Lipinski definition) is 3. The van der Waals surface area contributed by atoms with Crippen LogP contribution in [-0.2, 0) is 4.79 Å². The summed E-state index contributed by atoms with van der Waals surface area (Å²) < 4.78 is 0. The van der Waals surface area contributed by atoms with Crippen molar-refractivity contribution in [3.63, 3.8) is 0 Å². The Balaban J connectivity index is 3.76. The van der Waals surface area contributed by atoms with Gasteiger partial charge in [-0.15, -0.1) is 0 Å². The van der Waals surface area contributed by atoms with Gasteiger partial charge in [-0.3, -0.25) is 4.79 Å². The van der Waals surface area contributed by atoms with Gasteiger partial charge in [-0.25, -0.2) is 0 Å². The summed E-state index contributed by atoms with van der Waals surface area (Å²) in [6.07, 6.45) is 78.5. The first-order valence-corrected chi connectivity index (χ1v) is 24.4. The molecule has 0 aliphatic rings. The average molecular weight is 826 g/mol. The van der Waals surface area contributed by atoms with Gasteiger partial charge in [-0.05, 0) is 109 Å². The minimum Gasteiger partial charge on any atom is -0.394 e. The van der Waals surface area contributed by atoms with Gasteiger partial charge in [0.1, 0.15) is 0 Å². The minimum absolute atomic E-state index is 0.109. The number of carbonyl (C=O) groups excluding carboxylic acids is 1. The Morgan fingerprint density at radius 1 is 0.417 bits per heavy atom. The second-order valence-electron chi connectivity index (χ2n) is 15.8. The van der Waals surface area contributed by atoms with Crippen LogP contribution >= 0.6 is 0 Å². The van der Waals surface area contributed by atoms with Gasteiger partial charge < -0.3 is 15.5 Å². The highest BCUT2D eigenvalue weighted by Gasteiger charge is 2.17. The van der Waals surface area contributed by atoms with E-state index in [1.165, 1.54) is 64.2 Å². The number of aliphatic hydroxyl groups is 2. The molecule has 0 heterocycles. The molecule has 60 heavy (non-hydrogen) atoms. The van der Waals surface area contributed by atoms with E-state index >= 15 is 0 Å². The smallest absolute Gasteiger partial charge is 0.220 e. The molecule has 1 amide bonds. The van der Waals surface area contributed by atoms with Crippen LogP contribution in [0.25, 0.3) is 0 Å². The first kappa shape index (κ1) is 56.5. The summed E-state index contributed by atoms with van der Waals surface area (Å²) in [6, 6.07) is -0.670. The zero-order valence-corrected chi connectivity index (χ0v) is 38.7. The third kappa shape index (κ3) is 45.6. The first-order valence-electron chi connectivity index (χ1n) is 24.4. The van der Waals surface area contributed by atoms with Crippen molar-refractivity contribution in [3.05, 3.63) is 134 Å². The van der Waals surface area contributed by atoms with Crippen molar-refractivity contribution in [1.29, 1.82) is 0 Å². The van der Waals surface area contributed by atoms with Crippen LogP contribution < -0.4 is 5.32 Å². The lowest BCUT2D eigenvalue weighted by molar-refractivity contribution is -0.123. The lowest BCUT2D eigenvalue weighted by Gasteiger charge is -2.19. The summed E-state index contributed by atoms with van der Waals surface area (Å²) in [7, 11) is 0. The number of unbranched alkanes of at least 4 members (excludes halogenated alkanes) is 15. The third-order valence-corrected chi connectivity index (χ3v) is 10.1. The number of nitrogens with one attached hydrogen (secondary N) is 1. The van der Waals surface area contributed by atoms with Crippen molar-refractivity contribution >= 4 is 5.91 Å². The van der Waals surface area contributed by atoms with Crippen molar-refractivity contribution in [1.82, 2.24) is 5.32 Å². The van der Waals surface area contributed by atoms with Gasteiger partial charge in [0.25, 0.3) is 0 Å². The second kappa shape index (κ2) is 49.9. The molecule has 0 aliphatic carbocycles. The van der Waals surface area contributed by atoms with Gasteiger partial charge in [0.05, 0.1) is 18.8 Å². The fourth-order valence-corrected chi connectivity index (χ4v) is 6.40. The Kier molecular flexibility index (Phi) is 47.0. The number of carbonyl (C=O) groups is 1. The van der Waals surface area contributed by atoms with Gasteiger partial charge in [0.2, 0.25) is 5.91 Å². The van der Waals surface area contributed by atoms with Crippen molar-refractivity contribution in [3.8, 4) is 0 Å². The topological polar surface area (TPSA) is 69.6 Å². The van der Waals surface area contributed by atoms with Crippen molar-refractivity contribution < 1.29 is 15.0 Å². The Hall–Kier alpha value is -3.47. The molecule has 4 nitrogen and oxygen atoms in total. The van der Waals surface area contributed by atoms with Gasteiger partial charge in [0, 0.05) is 6.42 Å². The summed E-state index contributed by atoms with van der Waals surface area (Å²) in [5, 5.41) is 23.0.